The largest absolute Gasteiger partial charge is 0.322 e. The zero-order valence-corrected chi connectivity index (χ0v) is 14.2. The van der Waals surface area contributed by atoms with E-state index in [2.05, 4.69) is 21.2 Å². The van der Waals surface area contributed by atoms with Crippen molar-refractivity contribution in [2.75, 3.05) is 16.8 Å². The maximum absolute atomic E-state index is 12.2. The fourth-order valence-corrected chi connectivity index (χ4v) is 2.87. The van der Waals surface area contributed by atoms with E-state index in [1.54, 1.807) is 12.1 Å². The molecule has 5 heteroatoms. The van der Waals surface area contributed by atoms with E-state index in [4.69, 9.17) is 0 Å². The molecule has 118 valence electrons. The van der Waals surface area contributed by atoms with Gasteiger partial charge in [0, 0.05) is 34.4 Å². The Kier molecular flexibility index (Phi) is 4.76. The maximum Gasteiger partial charge on any atom is 0.255 e. The second kappa shape index (κ2) is 6.96. The van der Waals surface area contributed by atoms with Crippen LogP contribution >= 0.6 is 15.9 Å². The van der Waals surface area contributed by atoms with Gasteiger partial charge in [0.25, 0.3) is 5.91 Å². The van der Waals surface area contributed by atoms with Gasteiger partial charge in [-0.25, -0.2) is 0 Å². The van der Waals surface area contributed by atoms with Gasteiger partial charge in [0.2, 0.25) is 5.91 Å². The first-order valence-electron chi connectivity index (χ1n) is 7.61. The van der Waals surface area contributed by atoms with Crippen molar-refractivity contribution in [1.82, 2.24) is 0 Å². The highest BCUT2D eigenvalue weighted by Crippen LogP contribution is 2.23. The number of hydrogen-bond acceptors (Lipinski definition) is 2. The zero-order valence-electron chi connectivity index (χ0n) is 12.6. The maximum atomic E-state index is 12.2. The first-order valence-corrected chi connectivity index (χ1v) is 8.40. The van der Waals surface area contributed by atoms with Gasteiger partial charge in [0.05, 0.1) is 0 Å². The Hall–Kier alpha value is -2.14. The molecule has 2 amide bonds. The minimum Gasteiger partial charge on any atom is -0.322 e. The number of piperidine rings is 1. The Balaban J connectivity index is 1.68. The Morgan fingerprint density at radius 1 is 1.00 bits per heavy atom. The van der Waals surface area contributed by atoms with Crippen LogP contribution in [0.3, 0.4) is 0 Å². The first kappa shape index (κ1) is 15.7. The Bertz CT molecular complexity index is 711. The molecule has 0 radical (unpaired) electrons. The molecule has 0 aliphatic carbocycles. The van der Waals surface area contributed by atoms with E-state index in [1.165, 1.54) is 0 Å². The van der Waals surface area contributed by atoms with E-state index in [0.29, 0.717) is 17.7 Å². The van der Waals surface area contributed by atoms with Gasteiger partial charge in [-0.3, -0.25) is 9.59 Å². The molecule has 4 nitrogen and oxygen atoms in total. The lowest BCUT2D eigenvalue weighted by Crippen LogP contribution is -2.35. The van der Waals surface area contributed by atoms with Gasteiger partial charge < -0.3 is 10.2 Å². The number of amides is 2. The number of benzene rings is 2. The molecule has 0 saturated carbocycles. The summed E-state index contributed by atoms with van der Waals surface area (Å²) in [5.41, 5.74) is 2.20. The number of hydrogen-bond donors (Lipinski definition) is 1. The smallest absolute Gasteiger partial charge is 0.255 e. The lowest BCUT2D eigenvalue weighted by molar-refractivity contribution is -0.119. The fourth-order valence-electron chi connectivity index (χ4n) is 2.61. The van der Waals surface area contributed by atoms with Crippen LogP contribution in [-0.2, 0) is 4.79 Å². The minimum absolute atomic E-state index is 0.153. The van der Waals surface area contributed by atoms with Crippen LogP contribution in [0.25, 0.3) is 0 Å². The molecule has 1 heterocycles. The summed E-state index contributed by atoms with van der Waals surface area (Å²) < 4.78 is 0.935. The number of carbonyl (C=O) groups excluding carboxylic acids is 2. The Morgan fingerprint density at radius 3 is 2.35 bits per heavy atom. The fraction of sp³-hybridized carbons (Fsp3) is 0.222. The molecule has 2 aromatic rings. The molecule has 0 unspecified atom stereocenters. The number of anilines is 2. The third-order valence-corrected chi connectivity index (χ3v) is 4.40. The van der Waals surface area contributed by atoms with Crippen molar-refractivity contribution in [3.05, 3.63) is 58.6 Å². The van der Waals surface area contributed by atoms with E-state index in [9.17, 15) is 9.59 Å². The summed E-state index contributed by atoms with van der Waals surface area (Å²) >= 11 is 3.35. The molecular formula is C18H17BrN2O2. The van der Waals surface area contributed by atoms with Crippen LogP contribution in [0.5, 0.6) is 0 Å². The van der Waals surface area contributed by atoms with Crippen LogP contribution in [0.15, 0.2) is 53.0 Å². The zero-order chi connectivity index (χ0) is 16.2. The molecule has 3 rings (SSSR count). The molecule has 2 aromatic carbocycles. The van der Waals surface area contributed by atoms with Crippen LogP contribution in [0.1, 0.15) is 29.6 Å². The summed E-state index contributed by atoms with van der Waals surface area (Å²) in [7, 11) is 0. The standard InChI is InChI=1S/C18H17BrN2O2/c19-14-6-4-13(5-7-14)18(23)20-15-8-10-16(11-9-15)21-12-2-1-3-17(21)22/h4-11H,1-3,12H2,(H,20,23). The Morgan fingerprint density at radius 2 is 1.70 bits per heavy atom. The van der Waals surface area contributed by atoms with Crippen molar-refractivity contribution in [2.24, 2.45) is 0 Å². The highest BCUT2D eigenvalue weighted by Gasteiger charge is 2.19. The number of nitrogens with zero attached hydrogens (tertiary/aromatic N) is 1. The lowest BCUT2D eigenvalue weighted by Gasteiger charge is -2.26. The molecule has 0 bridgehead atoms. The Labute approximate surface area is 143 Å². The molecule has 23 heavy (non-hydrogen) atoms. The molecule has 1 aliphatic rings. The van der Waals surface area contributed by atoms with Crippen molar-refractivity contribution in [2.45, 2.75) is 19.3 Å². The third-order valence-electron chi connectivity index (χ3n) is 3.87. The highest BCUT2D eigenvalue weighted by atomic mass is 79.9. The SMILES string of the molecule is O=C(Nc1ccc(N2CCCCC2=O)cc1)c1ccc(Br)cc1. The van der Waals surface area contributed by atoms with Crippen LogP contribution in [0, 0.1) is 0 Å². The van der Waals surface area contributed by atoms with Crippen LogP contribution < -0.4 is 10.2 Å². The number of halogens is 1. The van der Waals surface area contributed by atoms with Gasteiger partial charge in [-0.05, 0) is 61.4 Å². The summed E-state index contributed by atoms with van der Waals surface area (Å²) in [6.45, 7) is 0.767. The molecule has 1 aliphatic heterocycles. The number of carbonyl (C=O) groups is 2. The van der Waals surface area contributed by atoms with Crippen molar-refractivity contribution < 1.29 is 9.59 Å². The highest BCUT2D eigenvalue weighted by molar-refractivity contribution is 9.10. The molecule has 1 N–H and O–H groups in total. The lowest BCUT2D eigenvalue weighted by atomic mass is 10.1. The average Bonchev–Trinajstić information content (AvgIpc) is 2.57. The van der Waals surface area contributed by atoms with Gasteiger partial charge in [0.1, 0.15) is 0 Å². The van der Waals surface area contributed by atoms with Crippen LogP contribution in [-0.4, -0.2) is 18.4 Å². The van der Waals surface area contributed by atoms with Gasteiger partial charge in [-0.1, -0.05) is 15.9 Å². The van der Waals surface area contributed by atoms with Crippen LogP contribution in [0.4, 0.5) is 11.4 Å². The molecule has 0 aromatic heterocycles. The van der Waals surface area contributed by atoms with Crippen molar-refractivity contribution in [3.63, 3.8) is 0 Å². The molecular weight excluding hydrogens is 356 g/mol. The minimum atomic E-state index is -0.153. The quantitative estimate of drug-likeness (QED) is 0.876. The van der Waals surface area contributed by atoms with Gasteiger partial charge >= 0.3 is 0 Å². The molecule has 0 spiro atoms. The summed E-state index contributed by atoms with van der Waals surface area (Å²) in [5.74, 6) is 0.0159. The van der Waals surface area contributed by atoms with Crippen LogP contribution in [0.2, 0.25) is 0 Å². The van der Waals surface area contributed by atoms with E-state index in [1.807, 2.05) is 41.3 Å². The van der Waals surface area contributed by atoms with E-state index in [-0.39, 0.29) is 11.8 Å². The summed E-state index contributed by atoms with van der Waals surface area (Å²) in [5, 5.41) is 2.86. The third kappa shape index (κ3) is 3.79. The van der Waals surface area contributed by atoms with E-state index in [0.717, 1.165) is 29.5 Å². The summed E-state index contributed by atoms with van der Waals surface area (Å²) in [6.07, 6.45) is 2.62. The van der Waals surface area contributed by atoms with Crippen molar-refractivity contribution in [1.29, 1.82) is 0 Å². The number of rotatable bonds is 3. The first-order chi connectivity index (χ1) is 11.1. The predicted octanol–water partition coefficient (Wildman–Crippen LogP) is 4.22. The molecule has 1 fully saturated rings. The molecule has 1 saturated heterocycles. The number of nitrogens with one attached hydrogen (secondary N) is 1. The van der Waals surface area contributed by atoms with Crippen molar-refractivity contribution in [3.8, 4) is 0 Å². The van der Waals surface area contributed by atoms with Gasteiger partial charge in [-0.2, -0.15) is 0 Å². The van der Waals surface area contributed by atoms with Gasteiger partial charge in [0.15, 0.2) is 0 Å². The second-order valence-electron chi connectivity index (χ2n) is 5.51. The summed E-state index contributed by atoms with van der Waals surface area (Å²) in [4.78, 5) is 25.9. The summed E-state index contributed by atoms with van der Waals surface area (Å²) in [6, 6.07) is 14.6. The normalized spacial score (nSPS) is 14.7. The average molecular weight is 373 g/mol. The van der Waals surface area contributed by atoms with E-state index < -0.39 is 0 Å². The predicted molar refractivity (Wildman–Crippen MR) is 94.7 cm³/mol. The van der Waals surface area contributed by atoms with Gasteiger partial charge in [-0.15, -0.1) is 0 Å². The topological polar surface area (TPSA) is 49.4 Å². The second-order valence-corrected chi connectivity index (χ2v) is 6.43. The monoisotopic (exact) mass is 372 g/mol. The molecule has 0 atom stereocenters. The van der Waals surface area contributed by atoms with Crippen molar-refractivity contribution >= 4 is 39.1 Å². The van der Waals surface area contributed by atoms with E-state index >= 15 is 0 Å².